The number of hydrogen-bond donors (Lipinski definition) is 2. The fourth-order valence-corrected chi connectivity index (χ4v) is 2.25. The molecule has 0 aliphatic heterocycles. The first kappa shape index (κ1) is 15.4. The zero-order valence-electron chi connectivity index (χ0n) is 11.7. The minimum absolute atomic E-state index is 0.127. The van der Waals surface area contributed by atoms with Crippen molar-refractivity contribution in [2.75, 3.05) is 23.8 Å². The molecule has 0 unspecified atom stereocenters. The molecule has 21 heavy (non-hydrogen) atoms. The van der Waals surface area contributed by atoms with Gasteiger partial charge in [0, 0.05) is 10.2 Å². The van der Waals surface area contributed by atoms with Gasteiger partial charge in [0.2, 0.25) is 5.91 Å². The molecule has 2 aromatic rings. The van der Waals surface area contributed by atoms with Crippen LogP contribution in [0.3, 0.4) is 0 Å². The summed E-state index contributed by atoms with van der Waals surface area (Å²) >= 11 is 3.43. The Bertz CT molecular complexity index is 617. The Morgan fingerprint density at radius 3 is 2.48 bits per heavy atom. The van der Waals surface area contributed by atoms with E-state index in [0.29, 0.717) is 18.0 Å². The number of halogens is 1. The summed E-state index contributed by atoms with van der Waals surface area (Å²) in [5.74, 6) is 0.548. The van der Waals surface area contributed by atoms with E-state index in [-0.39, 0.29) is 12.5 Å². The molecular formula is C16H17BrN2O2. The van der Waals surface area contributed by atoms with Crippen LogP contribution in [0.25, 0.3) is 0 Å². The Morgan fingerprint density at radius 2 is 1.76 bits per heavy atom. The van der Waals surface area contributed by atoms with E-state index >= 15 is 0 Å². The predicted molar refractivity (Wildman–Crippen MR) is 88.9 cm³/mol. The molecule has 0 spiro atoms. The summed E-state index contributed by atoms with van der Waals surface area (Å²) in [5.41, 5.74) is 1.56. The van der Waals surface area contributed by atoms with E-state index in [1.165, 1.54) is 0 Å². The number of ether oxygens (including phenoxy) is 1. The molecule has 110 valence electrons. The van der Waals surface area contributed by atoms with Crippen LogP contribution in [0.4, 0.5) is 11.4 Å². The number of carbonyl (C=O) groups is 1. The van der Waals surface area contributed by atoms with E-state index in [1.807, 2.05) is 55.5 Å². The zero-order chi connectivity index (χ0) is 15.1. The number of amides is 1. The highest BCUT2D eigenvalue weighted by molar-refractivity contribution is 9.10. The number of carbonyl (C=O) groups excluding carboxylic acids is 1. The highest BCUT2D eigenvalue weighted by Gasteiger charge is 2.07. The molecule has 0 saturated heterocycles. The van der Waals surface area contributed by atoms with Crippen molar-refractivity contribution in [3.8, 4) is 5.75 Å². The SMILES string of the molecule is CCOc1ccccc1NC(=O)CNc1ccccc1Br. The van der Waals surface area contributed by atoms with Gasteiger partial charge in [-0.1, -0.05) is 24.3 Å². The quantitative estimate of drug-likeness (QED) is 0.832. The van der Waals surface area contributed by atoms with E-state index in [2.05, 4.69) is 26.6 Å². The van der Waals surface area contributed by atoms with E-state index in [9.17, 15) is 4.79 Å². The van der Waals surface area contributed by atoms with Crippen molar-refractivity contribution in [1.29, 1.82) is 0 Å². The Balaban J connectivity index is 1.95. The molecule has 0 atom stereocenters. The molecule has 0 aromatic heterocycles. The molecule has 4 nitrogen and oxygen atoms in total. The van der Waals surface area contributed by atoms with Crippen LogP contribution < -0.4 is 15.4 Å². The van der Waals surface area contributed by atoms with Gasteiger partial charge in [0.15, 0.2) is 0 Å². The highest BCUT2D eigenvalue weighted by Crippen LogP contribution is 2.24. The summed E-state index contributed by atoms with van der Waals surface area (Å²) < 4.78 is 6.40. The Hall–Kier alpha value is -2.01. The van der Waals surface area contributed by atoms with Crippen LogP contribution in [-0.2, 0) is 4.79 Å². The van der Waals surface area contributed by atoms with Crippen molar-refractivity contribution < 1.29 is 9.53 Å². The van der Waals surface area contributed by atoms with Gasteiger partial charge >= 0.3 is 0 Å². The molecule has 0 bridgehead atoms. The molecule has 0 radical (unpaired) electrons. The van der Waals surface area contributed by atoms with Crippen molar-refractivity contribution >= 4 is 33.2 Å². The normalized spacial score (nSPS) is 10.0. The van der Waals surface area contributed by atoms with Crippen LogP contribution >= 0.6 is 15.9 Å². The number of para-hydroxylation sites is 3. The van der Waals surface area contributed by atoms with Gasteiger partial charge in [-0.15, -0.1) is 0 Å². The van der Waals surface area contributed by atoms with Gasteiger partial charge in [-0.2, -0.15) is 0 Å². The molecule has 2 aromatic carbocycles. The third-order valence-electron chi connectivity index (χ3n) is 2.77. The minimum Gasteiger partial charge on any atom is -0.492 e. The summed E-state index contributed by atoms with van der Waals surface area (Å²) in [6, 6.07) is 15.1. The maximum Gasteiger partial charge on any atom is 0.243 e. The van der Waals surface area contributed by atoms with Gasteiger partial charge in [0.1, 0.15) is 5.75 Å². The smallest absolute Gasteiger partial charge is 0.243 e. The van der Waals surface area contributed by atoms with Crippen molar-refractivity contribution in [2.24, 2.45) is 0 Å². The first-order chi connectivity index (χ1) is 10.2. The topological polar surface area (TPSA) is 50.4 Å². The van der Waals surface area contributed by atoms with Crippen LogP contribution in [0.1, 0.15) is 6.92 Å². The monoisotopic (exact) mass is 348 g/mol. The summed E-state index contributed by atoms with van der Waals surface area (Å²) in [5, 5.41) is 5.93. The van der Waals surface area contributed by atoms with Crippen LogP contribution in [0, 0.1) is 0 Å². The van der Waals surface area contributed by atoms with Gasteiger partial charge in [0.05, 0.1) is 18.8 Å². The molecule has 0 heterocycles. The average molecular weight is 349 g/mol. The number of rotatable bonds is 6. The fourth-order valence-electron chi connectivity index (χ4n) is 1.83. The third-order valence-corrected chi connectivity index (χ3v) is 3.47. The number of anilines is 2. The summed E-state index contributed by atoms with van der Waals surface area (Å²) in [6.45, 7) is 2.65. The summed E-state index contributed by atoms with van der Waals surface area (Å²) in [4.78, 5) is 12.0. The second-order valence-electron chi connectivity index (χ2n) is 4.31. The molecule has 1 amide bonds. The summed E-state index contributed by atoms with van der Waals surface area (Å²) in [7, 11) is 0. The minimum atomic E-state index is -0.127. The lowest BCUT2D eigenvalue weighted by molar-refractivity contribution is -0.114. The molecule has 0 aliphatic rings. The first-order valence-corrected chi connectivity index (χ1v) is 7.50. The summed E-state index contributed by atoms with van der Waals surface area (Å²) in [6.07, 6.45) is 0. The van der Waals surface area contributed by atoms with Crippen LogP contribution in [0.15, 0.2) is 53.0 Å². The molecule has 0 aliphatic carbocycles. The number of nitrogens with one attached hydrogen (secondary N) is 2. The number of benzene rings is 2. The predicted octanol–water partition coefficient (Wildman–Crippen LogP) is 3.90. The molecule has 0 fully saturated rings. The average Bonchev–Trinajstić information content (AvgIpc) is 2.49. The van der Waals surface area contributed by atoms with Crippen molar-refractivity contribution in [2.45, 2.75) is 6.92 Å². The Kier molecular flexibility index (Phi) is 5.63. The van der Waals surface area contributed by atoms with Crippen molar-refractivity contribution in [1.82, 2.24) is 0 Å². The van der Waals surface area contributed by atoms with E-state index in [0.717, 1.165) is 10.2 Å². The highest BCUT2D eigenvalue weighted by atomic mass is 79.9. The lowest BCUT2D eigenvalue weighted by Crippen LogP contribution is -2.22. The third kappa shape index (κ3) is 4.49. The maximum atomic E-state index is 12.0. The van der Waals surface area contributed by atoms with Gasteiger partial charge in [-0.25, -0.2) is 0 Å². The van der Waals surface area contributed by atoms with Gasteiger partial charge in [-0.05, 0) is 47.1 Å². The molecule has 0 saturated carbocycles. The maximum absolute atomic E-state index is 12.0. The number of hydrogen-bond acceptors (Lipinski definition) is 3. The molecule has 2 N–H and O–H groups in total. The standard InChI is InChI=1S/C16H17BrN2O2/c1-2-21-15-10-6-5-9-14(15)19-16(20)11-18-13-8-4-3-7-12(13)17/h3-10,18H,2,11H2,1H3,(H,19,20). The largest absolute Gasteiger partial charge is 0.492 e. The van der Waals surface area contributed by atoms with E-state index < -0.39 is 0 Å². The van der Waals surface area contributed by atoms with Crippen LogP contribution in [0.2, 0.25) is 0 Å². The zero-order valence-corrected chi connectivity index (χ0v) is 13.3. The Morgan fingerprint density at radius 1 is 1.10 bits per heavy atom. The fraction of sp³-hybridized carbons (Fsp3) is 0.188. The van der Waals surface area contributed by atoms with Gasteiger partial charge in [0.25, 0.3) is 0 Å². The molecule has 5 heteroatoms. The second-order valence-corrected chi connectivity index (χ2v) is 5.17. The lowest BCUT2D eigenvalue weighted by atomic mass is 10.3. The van der Waals surface area contributed by atoms with E-state index in [4.69, 9.17) is 4.74 Å². The molecular weight excluding hydrogens is 332 g/mol. The van der Waals surface area contributed by atoms with Crippen LogP contribution in [-0.4, -0.2) is 19.1 Å². The van der Waals surface area contributed by atoms with Gasteiger partial charge < -0.3 is 15.4 Å². The Labute approximate surface area is 132 Å². The lowest BCUT2D eigenvalue weighted by Gasteiger charge is -2.12. The van der Waals surface area contributed by atoms with E-state index in [1.54, 1.807) is 0 Å². The first-order valence-electron chi connectivity index (χ1n) is 6.70. The second kappa shape index (κ2) is 7.69. The molecule has 2 rings (SSSR count). The van der Waals surface area contributed by atoms with Crippen LogP contribution in [0.5, 0.6) is 5.75 Å². The van der Waals surface area contributed by atoms with Crippen molar-refractivity contribution in [3.05, 3.63) is 53.0 Å². The van der Waals surface area contributed by atoms with Crippen molar-refractivity contribution in [3.63, 3.8) is 0 Å². The van der Waals surface area contributed by atoms with Gasteiger partial charge in [-0.3, -0.25) is 4.79 Å².